The van der Waals surface area contributed by atoms with Crippen LogP contribution in [0.3, 0.4) is 0 Å². The molecular formula is C18H13FN2O4. The Balaban J connectivity index is 1.63. The van der Waals surface area contributed by atoms with Crippen molar-refractivity contribution in [1.82, 2.24) is 10.1 Å². The predicted molar refractivity (Wildman–Crippen MR) is 84.1 cm³/mol. The summed E-state index contributed by atoms with van der Waals surface area (Å²) >= 11 is 0. The van der Waals surface area contributed by atoms with Crippen LogP contribution in [0.15, 0.2) is 51.6 Å². The van der Waals surface area contributed by atoms with Crippen molar-refractivity contribution in [3.05, 3.63) is 65.6 Å². The number of furan rings is 1. The van der Waals surface area contributed by atoms with Gasteiger partial charge in [-0.05, 0) is 24.3 Å². The van der Waals surface area contributed by atoms with Gasteiger partial charge in [-0.15, -0.1) is 0 Å². The SMILES string of the molecule is O=C(C(=O)N1CCc2onc(-c3ccccc3F)c2C1)c1ccco1. The third-order valence-electron chi connectivity index (χ3n) is 4.18. The Labute approximate surface area is 141 Å². The van der Waals surface area contributed by atoms with Crippen molar-refractivity contribution < 1.29 is 22.9 Å². The van der Waals surface area contributed by atoms with E-state index in [9.17, 15) is 14.0 Å². The third-order valence-corrected chi connectivity index (χ3v) is 4.18. The average Bonchev–Trinajstić information content (AvgIpc) is 3.30. The molecule has 0 N–H and O–H groups in total. The molecule has 6 nitrogen and oxygen atoms in total. The van der Waals surface area contributed by atoms with Gasteiger partial charge >= 0.3 is 0 Å². The van der Waals surface area contributed by atoms with Gasteiger partial charge in [0.25, 0.3) is 11.7 Å². The Morgan fingerprint density at radius 1 is 1.16 bits per heavy atom. The molecule has 1 amide bonds. The Morgan fingerprint density at radius 3 is 2.76 bits per heavy atom. The van der Waals surface area contributed by atoms with Crippen LogP contribution in [0.1, 0.15) is 21.9 Å². The smallest absolute Gasteiger partial charge is 0.298 e. The molecule has 0 spiro atoms. The number of benzene rings is 1. The zero-order valence-electron chi connectivity index (χ0n) is 13.1. The fourth-order valence-corrected chi connectivity index (χ4v) is 2.90. The van der Waals surface area contributed by atoms with Crippen LogP contribution in [0.2, 0.25) is 0 Å². The van der Waals surface area contributed by atoms with Crippen molar-refractivity contribution in [3.63, 3.8) is 0 Å². The van der Waals surface area contributed by atoms with Gasteiger partial charge in [0, 0.05) is 24.1 Å². The molecule has 0 atom stereocenters. The second-order valence-electron chi connectivity index (χ2n) is 5.70. The first kappa shape index (κ1) is 15.3. The zero-order valence-corrected chi connectivity index (χ0v) is 13.1. The van der Waals surface area contributed by atoms with Crippen molar-refractivity contribution in [3.8, 4) is 11.3 Å². The third kappa shape index (κ3) is 2.63. The molecule has 0 radical (unpaired) electrons. The summed E-state index contributed by atoms with van der Waals surface area (Å²) in [7, 11) is 0. The number of hydrogen-bond donors (Lipinski definition) is 0. The maximum absolute atomic E-state index is 14.1. The molecule has 7 heteroatoms. The van der Waals surface area contributed by atoms with Gasteiger partial charge in [-0.2, -0.15) is 0 Å². The van der Waals surface area contributed by atoms with Crippen LogP contribution in [-0.2, 0) is 17.8 Å². The van der Waals surface area contributed by atoms with Crippen LogP contribution in [0.4, 0.5) is 4.39 Å². The quantitative estimate of drug-likeness (QED) is 0.541. The Morgan fingerprint density at radius 2 is 2.00 bits per heavy atom. The lowest BCUT2D eigenvalue weighted by molar-refractivity contribution is -0.127. The van der Waals surface area contributed by atoms with Gasteiger partial charge in [-0.25, -0.2) is 4.39 Å². The topological polar surface area (TPSA) is 76.6 Å². The minimum atomic E-state index is -0.711. The molecule has 0 saturated carbocycles. The summed E-state index contributed by atoms with van der Waals surface area (Å²) in [4.78, 5) is 26.0. The van der Waals surface area contributed by atoms with Gasteiger partial charge < -0.3 is 13.8 Å². The number of carbonyl (C=O) groups is 2. The zero-order chi connectivity index (χ0) is 17.4. The van der Waals surface area contributed by atoms with Crippen molar-refractivity contribution in [2.45, 2.75) is 13.0 Å². The fourth-order valence-electron chi connectivity index (χ4n) is 2.90. The molecule has 2 aromatic heterocycles. The van der Waals surface area contributed by atoms with Gasteiger partial charge in [0.2, 0.25) is 0 Å². The lowest BCUT2D eigenvalue weighted by Crippen LogP contribution is -2.39. The number of ketones is 1. The highest BCUT2D eigenvalue weighted by Gasteiger charge is 2.32. The van der Waals surface area contributed by atoms with E-state index >= 15 is 0 Å². The second kappa shape index (κ2) is 6.01. The summed E-state index contributed by atoms with van der Waals surface area (Å²) in [5, 5.41) is 3.96. The number of hydrogen-bond acceptors (Lipinski definition) is 5. The van der Waals surface area contributed by atoms with Crippen LogP contribution < -0.4 is 0 Å². The number of carbonyl (C=O) groups excluding carboxylic acids is 2. The molecule has 3 heterocycles. The summed E-state index contributed by atoms with van der Waals surface area (Å²) in [6, 6.07) is 9.21. The lowest BCUT2D eigenvalue weighted by atomic mass is 10.0. The van der Waals surface area contributed by atoms with Crippen LogP contribution in [0.5, 0.6) is 0 Å². The molecular weight excluding hydrogens is 327 g/mol. The van der Waals surface area contributed by atoms with Crippen molar-refractivity contribution >= 4 is 11.7 Å². The van der Waals surface area contributed by atoms with Gasteiger partial charge in [0.15, 0.2) is 5.76 Å². The van der Waals surface area contributed by atoms with Crippen molar-refractivity contribution in [2.24, 2.45) is 0 Å². The summed E-state index contributed by atoms with van der Waals surface area (Å²) < 4.78 is 24.4. The van der Waals surface area contributed by atoms with Gasteiger partial charge in [0.1, 0.15) is 17.3 Å². The summed E-state index contributed by atoms with van der Waals surface area (Å²) in [6.45, 7) is 0.456. The first-order chi connectivity index (χ1) is 12.1. The van der Waals surface area contributed by atoms with E-state index in [0.717, 1.165) is 0 Å². The molecule has 1 aromatic carbocycles. The van der Waals surface area contributed by atoms with E-state index in [1.54, 1.807) is 24.3 Å². The van der Waals surface area contributed by atoms with Gasteiger partial charge in [-0.1, -0.05) is 17.3 Å². The molecule has 3 aromatic rings. The minimum absolute atomic E-state index is 0.00422. The lowest BCUT2D eigenvalue weighted by Gasteiger charge is -2.25. The Bertz CT molecular complexity index is 946. The molecule has 25 heavy (non-hydrogen) atoms. The molecule has 4 rings (SSSR count). The predicted octanol–water partition coefficient (Wildman–Crippen LogP) is 2.84. The standard InChI is InChI=1S/C18H13FN2O4/c19-13-5-2-1-4-11(13)16-12-10-21(8-7-14(12)25-20-16)18(23)17(22)15-6-3-9-24-15/h1-6,9H,7-8,10H2. The minimum Gasteiger partial charge on any atom is -0.461 e. The largest absolute Gasteiger partial charge is 0.461 e. The van der Waals surface area contributed by atoms with Crippen LogP contribution in [0, 0.1) is 5.82 Å². The van der Waals surface area contributed by atoms with Gasteiger partial charge in [0.05, 0.1) is 12.8 Å². The van der Waals surface area contributed by atoms with E-state index < -0.39 is 17.5 Å². The summed E-state index contributed by atoms with van der Waals surface area (Å²) in [6.07, 6.45) is 1.75. The number of fused-ring (bicyclic) bond motifs is 1. The van der Waals surface area contributed by atoms with Crippen LogP contribution in [0.25, 0.3) is 11.3 Å². The van der Waals surface area contributed by atoms with E-state index in [1.807, 2.05) is 0 Å². The molecule has 0 bridgehead atoms. The Hall–Kier alpha value is -3.22. The first-order valence-corrected chi connectivity index (χ1v) is 7.74. The normalized spacial score (nSPS) is 13.6. The molecule has 126 valence electrons. The number of nitrogens with zero attached hydrogens (tertiary/aromatic N) is 2. The molecule has 0 saturated heterocycles. The number of halogens is 1. The van der Waals surface area contributed by atoms with Crippen LogP contribution in [-0.4, -0.2) is 28.3 Å². The molecule has 0 fully saturated rings. The van der Waals surface area contributed by atoms with Crippen LogP contribution >= 0.6 is 0 Å². The maximum atomic E-state index is 14.1. The highest BCUT2D eigenvalue weighted by Crippen LogP contribution is 2.31. The highest BCUT2D eigenvalue weighted by atomic mass is 19.1. The number of rotatable bonds is 3. The number of Topliss-reactive ketones (excluding diaryl/α,β-unsaturated/α-hetero) is 1. The maximum Gasteiger partial charge on any atom is 0.298 e. The van der Waals surface area contributed by atoms with E-state index in [0.29, 0.717) is 35.5 Å². The summed E-state index contributed by atoms with van der Waals surface area (Å²) in [5.41, 5.74) is 1.28. The van der Waals surface area contributed by atoms with Crippen molar-refractivity contribution in [1.29, 1.82) is 0 Å². The number of amides is 1. The first-order valence-electron chi connectivity index (χ1n) is 7.74. The van der Waals surface area contributed by atoms with E-state index in [4.69, 9.17) is 8.94 Å². The number of aromatic nitrogens is 1. The molecule has 1 aliphatic rings. The average molecular weight is 340 g/mol. The van der Waals surface area contributed by atoms with E-state index in [2.05, 4.69) is 5.16 Å². The fraction of sp³-hybridized carbons (Fsp3) is 0.167. The summed E-state index contributed by atoms with van der Waals surface area (Å²) in [5.74, 6) is -1.20. The van der Waals surface area contributed by atoms with E-state index in [-0.39, 0.29) is 12.3 Å². The highest BCUT2D eigenvalue weighted by molar-refractivity contribution is 6.41. The van der Waals surface area contributed by atoms with Crippen molar-refractivity contribution in [2.75, 3.05) is 6.54 Å². The molecule has 0 aliphatic carbocycles. The molecule has 1 aliphatic heterocycles. The Kier molecular flexibility index (Phi) is 3.68. The van der Waals surface area contributed by atoms with Gasteiger partial charge in [-0.3, -0.25) is 9.59 Å². The molecule has 0 unspecified atom stereocenters. The van der Waals surface area contributed by atoms with E-state index in [1.165, 1.54) is 23.3 Å². The monoisotopic (exact) mass is 340 g/mol. The second-order valence-corrected chi connectivity index (χ2v) is 5.70.